The van der Waals surface area contributed by atoms with Crippen LogP contribution in [-0.2, 0) is 6.42 Å². The summed E-state index contributed by atoms with van der Waals surface area (Å²) in [5, 5.41) is 3.61. The minimum absolute atomic E-state index is 0.211. The fourth-order valence-corrected chi connectivity index (χ4v) is 3.43. The number of ether oxygens (including phenoxy) is 2. The van der Waals surface area contributed by atoms with Gasteiger partial charge in [0.2, 0.25) is 0 Å². The van der Waals surface area contributed by atoms with Crippen LogP contribution in [0.15, 0.2) is 36.4 Å². The highest BCUT2D eigenvalue weighted by atomic mass is 127. The van der Waals surface area contributed by atoms with E-state index in [1.165, 1.54) is 20.3 Å². The zero-order chi connectivity index (χ0) is 14.8. The molecule has 0 saturated heterocycles. The van der Waals surface area contributed by atoms with Crippen molar-refractivity contribution in [1.29, 1.82) is 0 Å². The Morgan fingerprint density at radius 1 is 1.10 bits per heavy atom. The van der Waals surface area contributed by atoms with Crippen molar-refractivity contribution >= 4 is 22.6 Å². The summed E-state index contributed by atoms with van der Waals surface area (Å²) >= 11 is 2.35. The first-order chi connectivity index (χ1) is 10.2. The standard InChI is InChI=1S/C17H18INO2/c1-20-15-9-11-6-7-19-17(14(11)10-16(15)21-2)12-4-3-5-13(18)8-12/h3-5,8-10,17,19H,6-7H2,1-2H3/t17-/m0/s1. The molecule has 110 valence electrons. The monoisotopic (exact) mass is 395 g/mol. The van der Waals surface area contributed by atoms with Crippen LogP contribution in [0.3, 0.4) is 0 Å². The van der Waals surface area contributed by atoms with Crippen molar-refractivity contribution in [2.75, 3.05) is 20.8 Å². The molecule has 3 rings (SSSR count). The Morgan fingerprint density at radius 3 is 2.57 bits per heavy atom. The van der Waals surface area contributed by atoms with Crippen molar-refractivity contribution in [2.45, 2.75) is 12.5 Å². The lowest BCUT2D eigenvalue weighted by Crippen LogP contribution is -2.30. The van der Waals surface area contributed by atoms with E-state index in [2.05, 4.69) is 64.3 Å². The topological polar surface area (TPSA) is 30.5 Å². The molecular formula is C17H18INO2. The van der Waals surface area contributed by atoms with E-state index >= 15 is 0 Å². The third-order valence-electron chi connectivity index (χ3n) is 3.88. The molecule has 0 bridgehead atoms. The Morgan fingerprint density at radius 2 is 1.86 bits per heavy atom. The SMILES string of the molecule is COc1cc2c(cc1OC)[C@H](c1cccc(I)c1)NCC2. The molecule has 1 N–H and O–H groups in total. The van der Waals surface area contributed by atoms with Gasteiger partial charge < -0.3 is 14.8 Å². The number of halogens is 1. The highest BCUT2D eigenvalue weighted by molar-refractivity contribution is 14.1. The first-order valence-electron chi connectivity index (χ1n) is 6.96. The van der Waals surface area contributed by atoms with Gasteiger partial charge in [-0.15, -0.1) is 0 Å². The molecule has 1 aliphatic heterocycles. The summed E-state index contributed by atoms with van der Waals surface area (Å²) in [5.41, 5.74) is 3.89. The first kappa shape index (κ1) is 14.7. The zero-order valence-corrected chi connectivity index (χ0v) is 14.3. The van der Waals surface area contributed by atoms with Crippen molar-refractivity contribution in [1.82, 2.24) is 5.32 Å². The van der Waals surface area contributed by atoms with Crippen molar-refractivity contribution < 1.29 is 9.47 Å². The van der Waals surface area contributed by atoms with Gasteiger partial charge in [0.25, 0.3) is 0 Å². The highest BCUT2D eigenvalue weighted by Gasteiger charge is 2.23. The summed E-state index contributed by atoms with van der Waals surface area (Å²) in [4.78, 5) is 0. The third kappa shape index (κ3) is 2.87. The largest absolute Gasteiger partial charge is 0.493 e. The van der Waals surface area contributed by atoms with E-state index in [9.17, 15) is 0 Å². The second kappa shape index (κ2) is 6.23. The Hall–Kier alpha value is -1.27. The average Bonchev–Trinajstić information content (AvgIpc) is 2.52. The summed E-state index contributed by atoms with van der Waals surface area (Å²) < 4.78 is 12.1. The minimum atomic E-state index is 0.211. The smallest absolute Gasteiger partial charge is 0.161 e. The minimum Gasteiger partial charge on any atom is -0.493 e. The molecule has 0 unspecified atom stereocenters. The quantitative estimate of drug-likeness (QED) is 0.807. The van der Waals surface area contributed by atoms with Crippen molar-refractivity contribution in [2.24, 2.45) is 0 Å². The lowest BCUT2D eigenvalue weighted by atomic mass is 9.89. The predicted octanol–water partition coefficient (Wildman–Crippen LogP) is 3.54. The molecule has 0 radical (unpaired) electrons. The van der Waals surface area contributed by atoms with E-state index in [4.69, 9.17) is 9.47 Å². The van der Waals surface area contributed by atoms with Crippen LogP contribution in [0.1, 0.15) is 22.7 Å². The molecule has 0 amide bonds. The maximum atomic E-state index is 5.46. The summed E-state index contributed by atoms with van der Waals surface area (Å²) in [6, 6.07) is 13.0. The van der Waals surface area contributed by atoms with Gasteiger partial charge in [0.1, 0.15) is 0 Å². The van der Waals surface area contributed by atoms with Crippen molar-refractivity contribution in [3.63, 3.8) is 0 Å². The van der Waals surface area contributed by atoms with Crippen LogP contribution < -0.4 is 14.8 Å². The van der Waals surface area contributed by atoms with Gasteiger partial charge in [-0.2, -0.15) is 0 Å². The van der Waals surface area contributed by atoms with Gasteiger partial charge in [0.05, 0.1) is 20.3 Å². The number of nitrogens with one attached hydrogen (secondary N) is 1. The van der Waals surface area contributed by atoms with E-state index in [-0.39, 0.29) is 6.04 Å². The van der Waals surface area contributed by atoms with Gasteiger partial charge in [0, 0.05) is 10.1 Å². The molecule has 2 aromatic rings. The molecule has 1 aliphatic rings. The van der Waals surface area contributed by atoms with Crippen LogP contribution in [0.2, 0.25) is 0 Å². The molecular weight excluding hydrogens is 377 g/mol. The van der Waals surface area contributed by atoms with Crippen LogP contribution in [0, 0.1) is 3.57 Å². The van der Waals surface area contributed by atoms with Crippen LogP contribution in [0.25, 0.3) is 0 Å². The van der Waals surface area contributed by atoms with E-state index in [0.717, 1.165) is 24.5 Å². The summed E-state index contributed by atoms with van der Waals surface area (Å²) in [6.07, 6.45) is 1.01. The summed E-state index contributed by atoms with van der Waals surface area (Å²) in [7, 11) is 3.36. The van der Waals surface area contributed by atoms with Gasteiger partial charge in [-0.25, -0.2) is 0 Å². The van der Waals surface area contributed by atoms with E-state index in [1.54, 1.807) is 14.2 Å². The zero-order valence-electron chi connectivity index (χ0n) is 12.2. The van der Waals surface area contributed by atoms with Crippen LogP contribution in [0.5, 0.6) is 11.5 Å². The highest BCUT2D eigenvalue weighted by Crippen LogP contribution is 2.37. The Balaban J connectivity index is 2.09. The number of hydrogen-bond acceptors (Lipinski definition) is 3. The molecule has 2 aromatic carbocycles. The molecule has 0 aromatic heterocycles. The number of methoxy groups -OCH3 is 2. The summed E-state index contributed by atoms with van der Waals surface area (Å²) in [6.45, 7) is 0.971. The van der Waals surface area contributed by atoms with Crippen LogP contribution in [0.4, 0.5) is 0 Å². The fraction of sp³-hybridized carbons (Fsp3) is 0.294. The number of hydrogen-bond donors (Lipinski definition) is 1. The van der Waals surface area contributed by atoms with E-state index in [0.29, 0.717) is 0 Å². The van der Waals surface area contributed by atoms with E-state index < -0.39 is 0 Å². The Kier molecular flexibility index (Phi) is 4.35. The van der Waals surface area contributed by atoms with Gasteiger partial charge in [-0.05, 0) is 70.0 Å². The van der Waals surface area contributed by atoms with Crippen molar-refractivity contribution in [3.05, 3.63) is 56.7 Å². The van der Waals surface area contributed by atoms with Crippen LogP contribution in [-0.4, -0.2) is 20.8 Å². The van der Waals surface area contributed by atoms with Gasteiger partial charge >= 0.3 is 0 Å². The number of rotatable bonds is 3. The Labute approximate surface area is 138 Å². The summed E-state index contributed by atoms with van der Waals surface area (Å²) in [5.74, 6) is 1.59. The second-order valence-electron chi connectivity index (χ2n) is 5.10. The lowest BCUT2D eigenvalue weighted by Gasteiger charge is -2.28. The third-order valence-corrected chi connectivity index (χ3v) is 4.55. The second-order valence-corrected chi connectivity index (χ2v) is 6.34. The Bertz CT molecular complexity index is 657. The molecule has 0 fully saturated rings. The normalized spacial score (nSPS) is 17.2. The first-order valence-corrected chi connectivity index (χ1v) is 8.04. The molecule has 3 nitrogen and oxygen atoms in total. The van der Waals surface area contributed by atoms with Gasteiger partial charge in [-0.3, -0.25) is 0 Å². The molecule has 0 spiro atoms. The predicted molar refractivity (Wildman–Crippen MR) is 92.3 cm³/mol. The molecule has 0 saturated carbocycles. The molecule has 1 heterocycles. The fourth-order valence-electron chi connectivity index (χ4n) is 2.87. The van der Waals surface area contributed by atoms with Gasteiger partial charge in [-0.1, -0.05) is 12.1 Å². The average molecular weight is 395 g/mol. The number of fused-ring (bicyclic) bond motifs is 1. The van der Waals surface area contributed by atoms with Crippen molar-refractivity contribution in [3.8, 4) is 11.5 Å². The molecule has 4 heteroatoms. The maximum Gasteiger partial charge on any atom is 0.161 e. The van der Waals surface area contributed by atoms with Crippen LogP contribution >= 0.6 is 22.6 Å². The van der Waals surface area contributed by atoms with Gasteiger partial charge in [0.15, 0.2) is 11.5 Å². The number of benzene rings is 2. The molecule has 0 aliphatic carbocycles. The molecule has 21 heavy (non-hydrogen) atoms. The maximum absolute atomic E-state index is 5.46. The lowest BCUT2D eigenvalue weighted by molar-refractivity contribution is 0.353. The molecule has 1 atom stereocenters. The van der Waals surface area contributed by atoms with E-state index in [1.807, 2.05) is 0 Å².